The number of amides is 1. The Hall–Kier alpha value is -1.51. The second-order valence-corrected chi connectivity index (χ2v) is 6.36. The molecule has 2 saturated carbocycles. The third-order valence-corrected chi connectivity index (χ3v) is 4.77. The number of fused-ring (bicyclic) bond motifs is 2. The molecule has 2 aliphatic rings. The molecule has 3 heteroatoms. The van der Waals surface area contributed by atoms with E-state index in [0.29, 0.717) is 12.0 Å². The van der Waals surface area contributed by atoms with Crippen LogP contribution in [0.3, 0.4) is 0 Å². The second-order valence-electron chi connectivity index (χ2n) is 6.36. The third-order valence-electron chi connectivity index (χ3n) is 4.77. The van der Waals surface area contributed by atoms with Crippen LogP contribution in [0.25, 0.3) is 0 Å². The Kier molecular flexibility index (Phi) is 3.68. The summed E-state index contributed by atoms with van der Waals surface area (Å²) < 4.78 is 5.71. The van der Waals surface area contributed by atoms with Crippen LogP contribution in [0.1, 0.15) is 38.2 Å². The molecule has 0 radical (unpaired) electrons. The van der Waals surface area contributed by atoms with E-state index in [-0.39, 0.29) is 5.91 Å². The quantitative estimate of drug-likeness (QED) is 0.915. The van der Waals surface area contributed by atoms with Crippen molar-refractivity contribution in [3.8, 4) is 5.75 Å². The van der Waals surface area contributed by atoms with Gasteiger partial charge in [-0.3, -0.25) is 4.79 Å². The molecule has 1 aromatic carbocycles. The van der Waals surface area contributed by atoms with Crippen LogP contribution in [-0.4, -0.2) is 18.1 Å². The molecule has 0 saturated heterocycles. The monoisotopic (exact) mass is 273 g/mol. The number of nitrogens with one attached hydrogen (secondary N) is 1. The first-order chi connectivity index (χ1) is 9.61. The molecule has 0 heterocycles. The highest BCUT2D eigenvalue weighted by molar-refractivity contribution is 5.81. The van der Waals surface area contributed by atoms with Gasteiger partial charge in [-0.25, -0.2) is 0 Å². The summed E-state index contributed by atoms with van der Waals surface area (Å²) >= 11 is 0. The van der Waals surface area contributed by atoms with E-state index in [1.165, 1.54) is 24.8 Å². The van der Waals surface area contributed by atoms with Crippen molar-refractivity contribution < 1.29 is 9.53 Å². The molecule has 1 amide bonds. The SMILES string of the molecule is Cc1ccc(O[C@H](C)C(=O)N[C@H]2C[C@@H]3CC[C@@H]2C3)cc1. The summed E-state index contributed by atoms with van der Waals surface area (Å²) in [5, 5.41) is 3.18. The van der Waals surface area contributed by atoms with Gasteiger partial charge in [0.15, 0.2) is 6.10 Å². The van der Waals surface area contributed by atoms with Crippen molar-refractivity contribution in [1.29, 1.82) is 0 Å². The predicted octanol–water partition coefficient (Wildman–Crippen LogP) is 3.07. The summed E-state index contributed by atoms with van der Waals surface area (Å²) in [5.74, 6) is 2.32. The number of aryl methyl sites for hydroxylation is 1. The molecule has 2 bridgehead atoms. The molecule has 0 aliphatic heterocycles. The van der Waals surface area contributed by atoms with Crippen LogP contribution in [0.15, 0.2) is 24.3 Å². The minimum atomic E-state index is -0.433. The van der Waals surface area contributed by atoms with E-state index < -0.39 is 6.10 Å². The van der Waals surface area contributed by atoms with Gasteiger partial charge in [0.1, 0.15) is 5.75 Å². The highest BCUT2D eigenvalue weighted by Crippen LogP contribution is 2.44. The Morgan fingerprint density at radius 2 is 2.00 bits per heavy atom. The van der Waals surface area contributed by atoms with Gasteiger partial charge in [-0.15, -0.1) is 0 Å². The smallest absolute Gasteiger partial charge is 0.261 e. The molecule has 2 fully saturated rings. The first-order valence-corrected chi connectivity index (χ1v) is 7.65. The van der Waals surface area contributed by atoms with E-state index in [9.17, 15) is 4.79 Å². The minimum Gasteiger partial charge on any atom is -0.481 e. The number of hydrogen-bond donors (Lipinski definition) is 1. The predicted molar refractivity (Wildman–Crippen MR) is 78.6 cm³/mol. The van der Waals surface area contributed by atoms with Gasteiger partial charge in [0.05, 0.1) is 0 Å². The Balaban J connectivity index is 1.53. The van der Waals surface area contributed by atoms with Gasteiger partial charge >= 0.3 is 0 Å². The Bertz CT molecular complexity index is 482. The highest BCUT2D eigenvalue weighted by atomic mass is 16.5. The van der Waals surface area contributed by atoms with Crippen LogP contribution < -0.4 is 10.1 Å². The topological polar surface area (TPSA) is 38.3 Å². The zero-order valence-electron chi connectivity index (χ0n) is 12.3. The average molecular weight is 273 g/mol. The summed E-state index contributed by atoms with van der Waals surface area (Å²) in [4.78, 5) is 12.2. The fourth-order valence-electron chi connectivity index (χ4n) is 3.60. The zero-order valence-corrected chi connectivity index (χ0v) is 12.3. The fraction of sp³-hybridized carbons (Fsp3) is 0.588. The van der Waals surface area contributed by atoms with Crippen LogP contribution in [0.4, 0.5) is 0 Å². The largest absolute Gasteiger partial charge is 0.481 e. The van der Waals surface area contributed by atoms with Crippen molar-refractivity contribution in [2.24, 2.45) is 11.8 Å². The summed E-state index contributed by atoms with van der Waals surface area (Å²) in [7, 11) is 0. The van der Waals surface area contributed by atoms with Gasteiger partial charge in [0.25, 0.3) is 5.91 Å². The number of carbonyl (C=O) groups is 1. The lowest BCUT2D eigenvalue weighted by atomic mass is 9.95. The maximum absolute atomic E-state index is 12.2. The first-order valence-electron chi connectivity index (χ1n) is 7.65. The van der Waals surface area contributed by atoms with E-state index in [1.54, 1.807) is 0 Å². The number of hydrogen-bond acceptors (Lipinski definition) is 2. The lowest BCUT2D eigenvalue weighted by Gasteiger charge is -2.24. The second kappa shape index (κ2) is 5.47. The number of ether oxygens (including phenoxy) is 1. The van der Waals surface area contributed by atoms with Gasteiger partial charge in [0, 0.05) is 6.04 Å². The Morgan fingerprint density at radius 1 is 1.25 bits per heavy atom. The molecule has 2 aliphatic carbocycles. The van der Waals surface area contributed by atoms with Gasteiger partial charge in [-0.05, 0) is 57.1 Å². The van der Waals surface area contributed by atoms with Crippen LogP contribution >= 0.6 is 0 Å². The normalized spacial score (nSPS) is 29.2. The number of carbonyl (C=O) groups excluding carboxylic acids is 1. The van der Waals surface area contributed by atoms with Crippen molar-refractivity contribution in [3.63, 3.8) is 0 Å². The van der Waals surface area contributed by atoms with Crippen LogP contribution in [-0.2, 0) is 4.79 Å². The molecule has 3 nitrogen and oxygen atoms in total. The van der Waals surface area contributed by atoms with E-state index in [1.807, 2.05) is 38.1 Å². The molecule has 1 aromatic rings. The molecular formula is C17H23NO2. The van der Waals surface area contributed by atoms with Gasteiger partial charge in [-0.1, -0.05) is 24.1 Å². The molecule has 20 heavy (non-hydrogen) atoms. The van der Waals surface area contributed by atoms with Crippen molar-refractivity contribution in [2.75, 3.05) is 0 Å². The average Bonchev–Trinajstić information content (AvgIpc) is 3.03. The van der Waals surface area contributed by atoms with Crippen LogP contribution in [0.5, 0.6) is 5.75 Å². The van der Waals surface area contributed by atoms with E-state index in [4.69, 9.17) is 4.74 Å². The van der Waals surface area contributed by atoms with Crippen molar-refractivity contribution in [1.82, 2.24) is 5.32 Å². The van der Waals surface area contributed by atoms with Crippen molar-refractivity contribution >= 4 is 5.91 Å². The van der Waals surface area contributed by atoms with Crippen molar-refractivity contribution in [2.45, 2.75) is 51.7 Å². The maximum Gasteiger partial charge on any atom is 0.261 e. The lowest BCUT2D eigenvalue weighted by molar-refractivity contribution is -0.128. The van der Waals surface area contributed by atoms with E-state index in [0.717, 1.165) is 18.1 Å². The minimum absolute atomic E-state index is 0.0168. The highest BCUT2D eigenvalue weighted by Gasteiger charge is 2.40. The standard InChI is InChI=1S/C17H23NO2/c1-11-3-7-15(8-4-11)20-12(2)17(19)18-16-10-13-5-6-14(16)9-13/h3-4,7-8,12-14,16H,5-6,9-10H2,1-2H3,(H,18,19)/t12-,13-,14-,16+/m1/s1. The van der Waals surface area contributed by atoms with Crippen LogP contribution in [0, 0.1) is 18.8 Å². The van der Waals surface area contributed by atoms with Crippen molar-refractivity contribution in [3.05, 3.63) is 29.8 Å². The Morgan fingerprint density at radius 3 is 2.60 bits per heavy atom. The number of benzene rings is 1. The van der Waals surface area contributed by atoms with Gasteiger partial charge < -0.3 is 10.1 Å². The zero-order chi connectivity index (χ0) is 14.1. The fourth-order valence-corrected chi connectivity index (χ4v) is 3.60. The first kappa shape index (κ1) is 13.5. The lowest BCUT2D eigenvalue weighted by Crippen LogP contribution is -2.44. The molecular weight excluding hydrogens is 250 g/mol. The maximum atomic E-state index is 12.2. The molecule has 108 valence electrons. The summed E-state index contributed by atoms with van der Waals surface area (Å²) in [6.45, 7) is 3.86. The molecule has 4 atom stereocenters. The summed E-state index contributed by atoms with van der Waals surface area (Å²) in [6, 6.07) is 8.20. The third kappa shape index (κ3) is 2.82. The molecule has 3 rings (SSSR count). The van der Waals surface area contributed by atoms with Gasteiger partial charge in [0.2, 0.25) is 0 Å². The molecule has 0 unspecified atom stereocenters. The molecule has 0 spiro atoms. The molecule has 0 aromatic heterocycles. The van der Waals surface area contributed by atoms with Gasteiger partial charge in [-0.2, -0.15) is 0 Å². The van der Waals surface area contributed by atoms with Crippen LogP contribution in [0.2, 0.25) is 0 Å². The van der Waals surface area contributed by atoms with E-state index in [2.05, 4.69) is 5.32 Å². The molecule has 1 N–H and O–H groups in total. The van der Waals surface area contributed by atoms with E-state index >= 15 is 0 Å². The number of rotatable bonds is 4. The summed E-state index contributed by atoms with van der Waals surface area (Å²) in [6.07, 6.45) is 4.66. The Labute approximate surface area is 120 Å². The summed E-state index contributed by atoms with van der Waals surface area (Å²) in [5.41, 5.74) is 1.19.